The number of hydrogen-bond acceptors (Lipinski definition) is 3. The van der Waals surface area contributed by atoms with Crippen molar-refractivity contribution in [2.45, 2.75) is 83.7 Å². The molecule has 4 saturated carbocycles. The zero-order valence-corrected chi connectivity index (χ0v) is 20.9. The van der Waals surface area contributed by atoms with Crippen molar-refractivity contribution >= 4 is 29.4 Å². The van der Waals surface area contributed by atoms with E-state index in [4.69, 9.17) is 23.2 Å². The third-order valence-corrected chi connectivity index (χ3v) is 11.1. The van der Waals surface area contributed by atoms with Crippen LogP contribution in [0.3, 0.4) is 0 Å². The Labute approximate surface area is 202 Å². The maximum Gasteiger partial charge on any atom is 0.143 e. The molecule has 0 radical (unpaired) electrons. The van der Waals surface area contributed by atoms with E-state index in [0.717, 1.165) is 37.0 Å². The van der Waals surface area contributed by atoms with Crippen LogP contribution < -0.4 is 0 Å². The minimum atomic E-state index is -0.790. The summed E-state index contributed by atoms with van der Waals surface area (Å²) in [6.45, 7) is 5.30. The highest BCUT2D eigenvalue weighted by molar-refractivity contribution is 6.36. The zero-order valence-electron chi connectivity index (χ0n) is 19.4. The van der Waals surface area contributed by atoms with E-state index in [0.29, 0.717) is 28.5 Å². The van der Waals surface area contributed by atoms with Crippen molar-refractivity contribution < 1.29 is 10.2 Å². The molecular weight excluding hydrogens is 441 g/mol. The van der Waals surface area contributed by atoms with Crippen LogP contribution in [0.1, 0.15) is 83.6 Å². The molecule has 3 nitrogen and oxygen atoms in total. The number of rotatable bonds is 3. The number of phenolic OH excluding ortho intramolecular Hbond substituents is 1. The van der Waals surface area contributed by atoms with E-state index in [-0.39, 0.29) is 16.2 Å². The Kier molecular flexibility index (Phi) is 5.87. The van der Waals surface area contributed by atoms with Gasteiger partial charge in [-0.05, 0) is 92.6 Å². The summed E-state index contributed by atoms with van der Waals surface area (Å²) in [5, 5.41) is 22.8. The van der Waals surface area contributed by atoms with Crippen LogP contribution in [0.5, 0.6) is 5.75 Å². The van der Waals surface area contributed by atoms with E-state index in [1.165, 1.54) is 51.0 Å². The number of fused-ring (bicyclic) bond motifs is 5. The topological polar surface area (TPSA) is 52.8 Å². The Balaban J connectivity index is 1.35. The number of phenols is 1. The molecule has 7 atom stereocenters. The third kappa shape index (κ3) is 3.45. The molecule has 0 unspecified atom stereocenters. The highest BCUT2D eigenvalue weighted by Crippen LogP contribution is 2.68. The summed E-state index contributed by atoms with van der Waals surface area (Å²) in [5.41, 5.74) is 0.141. The van der Waals surface area contributed by atoms with Gasteiger partial charge in [0.2, 0.25) is 0 Å². The number of halogens is 2. The van der Waals surface area contributed by atoms with E-state index in [1.54, 1.807) is 12.3 Å². The Morgan fingerprint density at radius 2 is 1.78 bits per heavy atom. The fraction of sp³-hybridized carbons (Fsp3) is 0.741. The molecule has 0 amide bonds. The molecule has 176 valence electrons. The van der Waals surface area contributed by atoms with E-state index >= 15 is 0 Å². The van der Waals surface area contributed by atoms with Gasteiger partial charge in [0.1, 0.15) is 5.75 Å². The third-order valence-electron chi connectivity index (χ3n) is 10.5. The first kappa shape index (κ1) is 23.0. The predicted molar refractivity (Wildman–Crippen MR) is 132 cm³/mol. The fourth-order valence-electron chi connectivity index (χ4n) is 8.64. The smallest absolute Gasteiger partial charge is 0.143 e. The SMILES string of the molecule is C[C@]12CCCC[C@@H]1CC[C@H]1[C@H]3CC[C@](O)(CN=Cc4cc(Cl)cc(Cl)c4O)[C@]3(C)CC[C@@H]12. The van der Waals surface area contributed by atoms with Gasteiger partial charge in [0.15, 0.2) is 0 Å². The average molecular weight is 479 g/mol. The van der Waals surface area contributed by atoms with Gasteiger partial charge in [-0.3, -0.25) is 4.99 Å². The second kappa shape index (κ2) is 8.17. The lowest BCUT2D eigenvalue weighted by Crippen LogP contribution is -2.56. The summed E-state index contributed by atoms with van der Waals surface area (Å²) in [7, 11) is 0. The number of aliphatic imine (C=N–C) groups is 1. The number of aliphatic hydroxyl groups is 1. The molecule has 0 bridgehead atoms. The number of aromatic hydroxyl groups is 1. The van der Waals surface area contributed by atoms with Crippen LogP contribution in [0.15, 0.2) is 17.1 Å². The molecule has 32 heavy (non-hydrogen) atoms. The van der Waals surface area contributed by atoms with Crippen LogP contribution in [0, 0.1) is 34.5 Å². The van der Waals surface area contributed by atoms with Gasteiger partial charge in [-0.1, -0.05) is 49.9 Å². The number of nitrogens with zero attached hydrogens (tertiary/aromatic N) is 1. The largest absolute Gasteiger partial charge is 0.506 e. The molecule has 0 spiro atoms. The quantitative estimate of drug-likeness (QED) is 0.449. The number of hydrogen-bond donors (Lipinski definition) is 2. The van der Waals surface area contributed by atoms with Gasteiger partial charge in [-0.15, -0.1) is 0 Å². The summed E-state index contributed by atoms with van der Waals surface area (Å²) >= 11 is 12.1. The molecule has 0 saturated heterocycles. The van der Waals surface area contributed by atoms with Crippen molar-refractivity contribution in [3.63, 3.8) is 0 Å². The van der Waals surface area contributed by atoms with Gasteiger partial charge in [0.05, 0.1) is 17.2 Å². The van der Waals surface area contributed by atoms with Crippen LogP contribution >= 0.6 is 23.2 Å². The Morgan fingerprint density at radius 1 is 1.00 bits per heavy atom. The maximum absolute atomic E-state index is 11.9. The summed E-state index contributed by atoms with van der Waals surface area (Å²) in [4.78, 5) is 4.61. The second-order valence-corrected chi connectivity index (χ2v) is 12.6. The summed E-state index contributed by atoms with van der Waals surface area (Å²) in [6, 6.07) is 3.18. The molecule has 0 aromatic heterocycles. The predicted octanol–water partition coefficient (Wildman–Crippen LogP) is 7.28. The van der Waals surface area contributed by atoms with E-state index in [1.807, 2.05) is 0 Å². The number of benzene rings is 1. The van der Waals surface area contributed by atoms with Crippen molar-refractivity contribution in [2.24, 2.45) is 39.5 Å². The standard InChI is InChI=1S/C27H37Cl2NO2/c1-25-10-4-3-5-18(25)6-7-20-21(25)8-11-26(2)22(20)9-12-27(26,32)16-30-15-17-13-19(28)14-23(29)24(17)31/h13-15,18,20-22,31-32H,3-12,16H2,1-2H3/t18-,20-,21+,22-,25+,26-,27+/m1/s1. The minimum absolute atomic E-state index is 0.0136. The molecule has 2 N–H and O–H groups in total. The van der Waals surface area contributed by atoms with Crippen molar-refractivity contribution in [1.29, 1.82) is 0 Å². The molecule has 0 aliphatic heterocycles. The molecule has 4 aliphatic rings. The fourth-order valence-corrected chi connectivity index (χ4v) is 9.15. The molecule has 5 rings (SSSR count). The van der Waals surface area contributed by atoms with Crippen LogP contribution in [0.4, 0.5) is 0 Å². The van der Waals surface area contributed by atoms with Crippen LogP contribution in [-0.4, -0.2) is 28.6 Å². The van der Waals surface area contributed by atoms with Gasteiger partial charge in [-0.2, -0.15) is 0 Å². The summed E-state index contributed by atoms with van der Waals surface area (Å²) < 4.78 is 0. The second-order valence-electron chi connectivity index (χ2n) is 11.7. The molecule has 4 fully saturated rings. The van der Waals surface area contributed by atoms with Gasteiger partial charge in [0, 0.05) is 22.2 Å². The first-order valence-electron chi connectivity index (χ1n) is 12.6. The van der Waals surface area contributed by atoms with Crippen LogP contribution in [0.2, 0.25) is 10.0 Å². The molecule has 0 heterocycles. The normalized spacial score (nSPS) is 43.7. The van der Waals surface area contributed by atoms with Crippen molar-refractivity contribution in [3.05, 3.63) is 27.7 Å². The van der Waals surface area contributed by atoms with Crippen LogP contribution in [-0.2, 0) is 0 Å². The van der Waals surface area contributed by atoms with E-state index in [9.17, 15) is 10.2 Å². The van der Waals surface area contributed by atoms with Crippen LogP contribution in [0.25, 0.3) is 0 Å². The highest BCUT2D eigenvalue weighted by atomic mass is 35.5. The van der Waals surface area contributed by atoms with E-state index in [2.05, 4.69) is 18.8 Å². The first-order chi connectivity index (χ1) is 15.2. The lowest BCUT2D eigenvalue weighted by molar-refractivity contribution is -0.147. The lowest BCUT2D eigenvalue weighted by Gasteiger charge is -2.61. The summed E-state index contributed by atoms with van der Waals surface area (Å²) in [5.74, 6) is 3.08. The van der Waals surface area contributed by atoms with Gasteiger partial charge in [0.25, 0.3) is 0 Å². The summed E-state index contributed by atoms with van der Waals surface area (Å²) in [6.07, 6.45) is 14.3. The Bertz CT molecular complexity index is 919. The lowest BCUT2D eigenvalue weighted by atomic mass is 9.44. The maximum atomic E-state index is 11.9. The van der Waals surface area contributed by atoms with Gasteiger partial charge >= 0.3 is 0 Å². The van der Waals surface area contributed by atoms with Gasteiger partial charge < -0.3 is 10.2 Å². The Hall–Kier alpha value is -0.770. The monoisotopic (exact) mass is 477 g/mol. The Morgan fingerprint density at radius 3 is 2.59 bits per heavy atom. The van der Waals surface area contributed by atoms with Crippen molar-refractivity contribution in [2.75, 3.05) is 6.54 Å². The van der Waals surface area contributed by atoms with Gasteiger partial charge in [-0.25, -0.2) is 0 Å². The zero-order chi connectivity index (χ0) is 22.7. The minimum Gasteiger partial charge on any atom is -0.506 e. The average Bonchev–Trinajstić information content (AvgIpc) is 3.02. The van der Waals surface area contributed by atoms with E-state index < -0.39 is 5.60 Å². The molecule has 4 aliphatic carbocycles. The first-order valence-corrected chi connectivity index (χ1v) is 13.3. The molecule has 1 aromatic carbocycles. The molecule has 1 aromatic rings. The van der Waals surface area contributed by atoms with Crippen molar-refractivity contribution in [1.82, 2.24) is 0 Å². The molecular formula is C27H37Cl2NO2. The molecule has 5 heteroatoms. The van der Waals surface area contributed by atoms with Crippen molar-refractivity contribution in [3.8, 4) is 5.75 Å². The highest BCUT2D eigenvalue weighted by Gasteiger charge is 2.64.